The first kappa shape index (κ1) is 5.68. The third-order valence-corrected chi connectivity index (χ3v) is 0.675. The second-order valence-corrected chi connectivity index (χ2v) is 1.22. The molecule has 1 radical (unpaired) electrons. The van der Waals surface area contributed by atoms with E-state index in [0.717, 1.165) is 0 Å². The van der Waals surface area contributed by atoms with Gasteiger partial charge in [-0.3, -0.25) is 0 Å². The average molecular weight is 123 g/mol. The third-order valence-electron chi connectivity index (χ3n) is 0.675. The summed E-state index contributed by atoms with van der Waals surface area (Å²) in [4.78, 5) is 16.7. The second-order valence-electron chi connectivity index (χ2n) is 1.22. The van der Waals surface area contributed by atoms with E-state index in [1.165, 1.54) is 18.9 Å². The van der Waals surface area contributed by atoms with Crippen LogP contribution in [0.3, 0.4) is 0 Å². The highest BCUT2D eigenvalue weighted by atomic mass is 16.5. The Morgan fingerprint density at radius 3 is 2.67 bits per heavy atom. The summed E-state index contributed by atoms with van der Waals surface area (Å²) in [7, 11) is 0. The predicted molar refractivity (Wildman–Crippen MR) is 28.4 cm³/mol. The minimum Gasteiger partial charge on any atom is -0.382 e. The van der Waals surface area contributed by atoms with Crippen LogP contribution >= 0.6 is 0 Å². The van der Waals surface area contributed by atoms with Crippen molar-refractivity contribution in [2.24, 2.45) is 0 Å². The molecule has 1 rings (SSSR count). The monoisotopic (exact) mass is 123 g/mol. The molecule has 0 N–H and O–H groups in total. The number of hydrogen-bond donors (Lipinski definition) is 0. The molecule has 1 aromatic heterocycles. The lowest BCUT2D eigenvalue weighted by atomic mass is 10.7. The standard InChI is InChI=1S/C5H3N2O2/c8-4-9-5-6-2-1-3-7-5/h1-3H. The van der Waals surface area contributed by atoms with Gasteiger partial charge in [-0.15, -0.1) is 0 Å². The Balaban J connectivity index is 2.72. The molecule has 0 aliphatic heterocycles. The van der Waals surface area contributed by atoms with Gasteiger partial charge in [0.2, 0.25) is 0 Å². The molecule has 0 amide bonds. The Hall–Kier alpha value is -1.45. The van der Waals surface area contributed by atoms with Gasteiger partial charge < -0.3 is 4.74 Å². The van der Waals surface area contributed by atoms with Crippen molar-refractivity contribution in [1.29, 1.82) is 0 Å². The summed E-state index contributed by atoms with van der Waals surface area (Å²) in [6, 6.07) is 1.64. The van der Waals surface area contributed by atoms with E-state index in [1.807, 2.05) is 0 Å². The number of rotatable bonds is 2. The molecule has 4 heteroatoms. The Bertz CT molecular complexity index is 187. The van der Waals surface area contributed by atoms with Crippen LogP contribution in [0.25, 0.3) is 0 Å². The number of nitrogens with zero attached hydrogens (tertiary/aromatic N) is 2. The van der Waals surface area contributed by atoms with Gasteiger partial charge in [0.1, 0.15) is 0 Å². The first-order valence-corrected chi connectivity index (χ1v) is 2.24. The van der Waals surface area contributed by atoms with Gasteiger partial charge in [-0.25, -0.2) is 14.8 Å². The molecular weight excluding hydrogens is 120 g/mol. The van der Waals surface area contributed by atoms with Crippen molar-refractivity contribution < 1.29 is 9.53 Å². The molecule has 0 unspecified atom stereocenters. The number of aromatic nitrogens is 2. The first-order chi connectivity index (χ1) is 4.43. The lowest BCUT2D eigenvalue weighted by Gasteiger charge is -1.88. The quantitative estimate of drug-likeness (QED) is 0.552. The molecule has 45 valence electrons. The van der Waals surface area contributed by atoms with Crippen LogP contribution in [0, 0.1) is 0 Å². The molecule has 1 aromatic rings. The zero-order chi connectivity index (χ0) is 6.53. The molecule has 0 saturated carbocycles. The Labute approximate surface area is 51.5 Å². The van der Waals surface area contributed by atoms with Crippen molar-refractivity contribution in [3.63, 3.8) is 0 Å². The van der Waals surface area contributed by atoms with E-state index in [4.69, 9.17) is 0 Å². The van der Waals surface area contributed by atoms with Crippen molar-refractivity contribution in [1.82, 2.24) is 9.97 Å². The molecule has 0 aliphatic rings. The summed E-state index contributed by atoms with van der Waals surface area (Å²) < 4.78 is 4.18. The highest BCUT2D eigenvalue weighted by molar-refractivity contribution is 5.42. The van der Waals surface area contributed by atoms with Gasteiger partial charge in [-0.2, -0.15) is 0 Å². The van der Waals surface area contributed by atoms with E-state index in [2.05, 4.69) is 14.7 Å². The Morgan fingerprint density at radius 1 is 1.44 bits per heavy atom. The van der Waals surface area contributed by atoms with Gasteiger partial charge in [-0.05, 0) is 6.07 Å². The minimum absolute atomic E-state index is 0.0208. The molecular formula is C5H3N2O2. The minimum atomic E-state index is 0.0208. The van der Waals surface area contributed by atoms with Gasteiger partial charge in [0, 0.05) is 12.4 Å². The first-order valence-electron chi connectivity index (χ1n) is 2.24. The summed E-state index contributed by atoms with van der Waals surface area (Å²) in [5.41, 5.74) is 0. The zero-order valence-corrected chi connectivity index (χ0v) is 4.44. The van der Waals surface area contributed by atoms with Crippen molar-refractivity contribution >= 4 is 6.47 Å². The molecule has 9 heavy (non-hydrogen) atoms. The lowest BCUT2D eigenvalue weighted by molar-refractivity contribution is 0.422. The molecule has 0 atom stereocenters. The third kappa shape index (κ3) is 1.49. The highest BCUT2D eigenvalue weighted by Crippen LogP contribution is 1.93. The van der Waals surface area contributed by atoms with Crippen LogP contribution in [0.1, 0.15) is 0 Å². The van der Waals surface area contributed by atoms with Crippen LogP contribution in [0.5, 0.6) is 6.01 Å². The van der Waals surface area contributed by atoms with E-state index >= 15 is 0 Å². The van der Waals surface area contributed by atoms with Crippen LogP contribution in [-0.4, -0.2) is 16.4 Å². The summed E-state index contributed by atoms with van der Waals surface area (Å²) in [5, 5.41) is 0. The number of hydrogen-bond acceptors (Lipinski definition) is 4. The van der Waals surface area contributed by atoms with E-state index in [0.29, 0.717) is 0 Å². The number of carbonyl (C=O) groups excluding carboxylic acids is 1. The topological polar surface area (TPSA) is 52.1 Å². The van der Waals surface area contributed by atoms with Gasteiger partial charge in [-0.1, -0.05) is 0 Å². The normalized spacial score (nSPS) is 8.44. The average Bonchev–Trinajstić information content (AvgIpc) is 1.91. The van der Waals surface area contributed by atoms with E-state index in [1.54, 1.807) is 6.07 Å². The van der Waals surface area contributed by atoms with Gasteiger partial charge in [0.05, 0.1) is 0 Å². The summed E-state index contributed by atoms with van der Waals surface area (Å²) >= 11 is 0. The maximum atomic E-state index is 9.55. The molecule has 1 heterocycles. The molecule has 0 aliphatic carbocycles. The molecule has 0 aromatic carbocycles. The van der Waals surface area contributed by atoms with Gasteiger partial charge in [0.25, 0.3) is 0 Å². The van der Waals surface area contributed by atoms with Crippen molar-refractivity contribution in [3.05, 3.63) is 18.5 Å². The lowest BCUT2D eigenvalue weighted by Crippen LogP contribution is -1.92. The Kier molecular flexibility index (Phi) is 1.74. The zero-order valence-electron chi connectivity index (χ0n) is 4.44. The maximum absolute atomic E-state index is 9.55. The van der Waals surface area contributed by atoms with Crippen molar-refractivity contribution in [2.45, 2.75) is 0 Å². The van der Waals surface area contributed by atoms with Crippen LogP contribution in [0.2, 0.25) is 0 Å². The largest absolute Gasteiger partial charge is 0.425 e. The van der Waals surface area contributed by atoms with Crippen LogP contribution in [-0.2, 0) is 4.79 Å². The predicted octanol–water partition coefficient (Wildman–Crippen LogP) is -0.0774. The van der Waals surface area contributed by atoms with Crippen molar-refractivity contribution in [2.75, 3.05) is 0 Å². The van der Waals surface area contributed by atoms with Crippen LogP contribution in [0.4, 0.5) is 0 Å². The van der Waals surface area contributed by atoms with Gasteiger partial charge in [0.15, 0.2) is 0 Å². The van der Waals surface area contributed by atoms with E-state index in [9.17, 15) is 4.79 Å². The molecule has 0 spiro atoms. The fourth-order valence-corrected chi connectivity index (χ4v) is 0.375. The molecule has 0 bridgehead atoms. The molecule has 0 fully saturated rings. The van der Waals surface area contributed by atoms with Crippen LogP contribution < -0.4 is 4.74 Å². The second kappa shape index (κ2) is 2.76. The Morgan fingerprint density at radius 2 is 2.11 bits per heavy atom. The summed E-state index contributed by atoms with van der Waals surface area (Å²) in [5.74, 6) is 0. The van der Waals surface area contributed by atoms with Gasteiger partial charge >= 0.3 is 12.5 Å². The SMILES string of the molecule is O=[C]Oc1ncccn1. The van der Waals surface area contributed by atoms with Crippen LogP contribution in [0.15, 0.2) is 18.5 Å². The smallest absolute Gasteiger partial charge is 0.382 e. The van der Waals surface area contributed by atoms with E-state index < -0.39 is 0 Å². The maximum Gasteiger partial charge on any atom is 0.425 e. The summed E-state index contributed by atoms with van der Waals surface area (Å²) in [6.07, 6.45) is 2.94. The fraction of sp³-hybridized carbons (Fsp3) is 0. The van der Waals surface area contributed by atoms with E-state index in [-0.39, 0.29) is 6.01 Å². The molecule has 0 saturated heterocycles. The highest BCUT2D eigenvalue weighted by Gasteiger charge is 1.89. The molecule has 4 nitrogen and oxygen atoms in total. The number of ether oxygens (including phenoxy) is 1. The summed E-state index contributed by atoms with van der Waals surface area (Å²) in [6.45, 7) is 1.21. The fourth-order valence-electron chi connectivity index (χ4n) is 0.375. The van der Waals surface area contributed by atoms with Crippen molar-refractivity contribution in [3.8, 4) is 6.01 Å².